The zero-order valence-corrected chi connectivity index (χ0v) is 19.0. The highest BCUT2D eigenvalue weighted by atomic mass is 35.5. The number of amides is 1. The number of carbonyl (C=O) groups excluding carboxylic acids is 1. The van der Waals surface area contributed by atoms with Gasteiger partial charge in [-0.1, -0.05) is 23.7 Å². The molecule has 2 heterocycles. The number of aryl methyl sites for hydroxylation is 1. The van der Waals surface area contributed by atoms with E-state index in [1.165, 1.54) is 21.9 Å². The zero-order chi connectivity index (χ0) is 21.6. The van der Waals surface area contributed by atoms with Crippen molar-refractivity contribution in [2.24, 2.45) is 0 Å². The first-order valence-corrected chi connectivity index (χ1v) is 12.3. The molecule has 4 rings (SSSR count). The lowest BCUT2D eigenvalue weighted by molar-refractivity contribution is 0.102. The average molecular weight is 462 g/mol. The van der Waals surface area contributed by atoms with Gasteiger partial charge in [-0.3, -0.25) is 14.4 Å². The third-order valence-corrected chi connectivity index (χ3v) is 7.40. The Kier molecular flexibility index (Phi) is 5.34. The third kappa shape index (κ3) is 3.95. The fraction of sp³-hybridized carbons (Fsp3) is 0.238. The van der Waals surface area contributed by atoms with Gasteiger partial charge in [-0.05, 0) is 56.2 Å². The molecule has 3 aromatic rings. The van der Waals surface area contributed by atoms with E-state index in [9.17, 15) is 13.2 Å². The zero-order valence-electron chi connectivity index (χ0n) is 16.6. The average Bonchev–Trinajstić information content (AvgIpc) is 3.19. The van der Waals surface area contributed by atoms with Gasteiger partial charge in [0.25, 0.3) is 5.91 Å². The first kappa shape index (κ1) is 20.8. The number of rotatable bonds is 4. The molecule has 30 heavy (non-hydrogen) atoms. The summed E-state index contributed by atoms with van der Waals surface area (Å²) in [6.07, 6.45) is 1.77. The van der Waals surface area contributed by atoms with Gasteiger partial charge in [0.05, 0.1) is 17.6 Å². The predicted octanol–water partition coefficient (Wildman–Crippen LogP) is 4.73. The van der Waals surface area contributed by atoms with Crippen molar-refractivity contribution in [2.75, 3.05) is 15.9 Å². The van der Waals surface area contributed by atoms with Crippen LogP contribution in [0.5, 0.6) is 0 Å². The van der Waals surface area contributed by atoms with Crippen LogP contribution in [-0.4, -0.2) is 31.6 Å². The molecule has 0 bridgehead atoms. The van der Waals surface area contributed by atoms with Crippen LogP contribution in [0.4, 0.5) is 10.8 Å². The number of hydrogen-bond acceptors (Lipinski definition) is 5. The second-order valence-corrected chi connectivity index (χ2v) is 10.8. The summed E-state index contributed by atoms with van der Waals surface area (Å²) in [6.45, 7) is 3.81. The Labute approximate surface area is 184 Å². The minimum absolute atomic E-state index is 0.170. The molecule has 1 N–H and O–H groups in total. The van der Waals surface area contributed by atoms with E-state index < -0.39 is 10.0 Å². The van der Waals surface area contributed by atoms with E-state index >= 15 is 0 Å². The van der Waals surface area contributed by atoms with Crippen LogP contribution in [-0.2, 0) is 16.4 Å². The molecule has 0 radical (unpaired) electrons. The van der Waals surface area contributed by atoms with E-state index in [-0.39, 0.29) is 11.9 Å². The predicted molar refractivity (Wildman–Crippen MR) is 122 cm³/mol. The van der Waals surface area contributed by atoms with Crippen LogP contribution in [0.2, 0.25) is 5.02 Å². The molecule has 0 saturated carbocycles. The van der Waals surface area contributed by atoms with Crippen LogP contribution < -0.4 is 9.62 Å². The molecule has 0 aliphatic carbocycles. The molecular weight excluding hydrogens is 442 g/mol. The molecular formula is C21H20ClN3O3S2. The van der Waals surface area contributed by atoms with Crippen molar-refractivity contribution in [2.45, 2.75) is 26.3 Å². The van der Waals surface area contributed by atoms with Gasteiger partial charge in [0.15, 0.2) is 5.13 Å². The molecule has 1 aromatic heterocycles. The van der Waals surface area contributed by atoms with Crippen molar-refractivity contribution in [3.63, 3.8) is 0 Å². The Morgan fingerprint density at radius 2 is 1.93 bits per heavy atom. The molecule has 1 aliphatic rings. The number of aromatic nitrogens is 1. The summed E-state index contributed by atoms with van der Waals surface area (Å²) in [5.74, 6) is -0.278. The normalized spacial score (nSPS) is 15.9. The number of fused-ring (bicyclic) bond motifs is 1. The number of benzene rings is 2. The van der Waals surface area contributed by atoms with Gasteiger partial charge in [0, 0.05) is 27.1 Å². The first-order valence-electron chi connectivity index (χ1n) is 9.30. The number of nitrogens with one attached hydrogen (secondary N) is 1. The van der Waals surface area contributed by atoms with Gasteiger partial charge in [0.1, 0.15) is 0 Å². The standard InChI is InChI=1S/C21H20ClN3O3S2/c1-12-10-16-11-15(6-9-18(16)25(12)30(3,27)28)20(26)24-21-23-19(13(2)29-21)14-4-7-17(22)8-5-14/h4-9,11-12H,10H2,1-3H3,(H,23,24,26). The topological polar surface area (TPSA) is 79.4 Å². The van der Waals surface area contributed by atoms with Crippen molar-refractivity contribution < 1.29 is 13.2 Å². The Morgan fingerprint density at radius 1 is 1.23 bits per heavy atom. The molecule has 6 nitrogen and oxygen atoms in total. The highest BCUT2D eigenvalue weighted by Gasteiger charge is 2.32. The third-order valence-electron chi connectivity index (χ3n) is 4.99. The highest BCUT2D eigenvalue weighted by Crippen LogP contribution is 2.35. The van der Waals surface area contributed by atoms with E-state index in [1.54, 1.807) is 30.3 Å². The molecule has 1 unspecified atom stereocenters. The Morgan fingerprint density at radius 3 is 2.60 bits per heavy atom. The summed E-state index contributed by atoms with van der Waals surface area (Å²) in [5.41, 5.74) is 3.69. The summed E-state index contributed by atoms with van der Waals surface area (Å²) >= 11 is 7.36. The second-order valence-electron chi connectivity index (χ2n) is 7.34. The minimum atomic E-state index is -3.36. The molecule has 156 valence electrons. The quantitative estimate of drug-likeness (QED) is 0.608. The van der Waals surface area contributed by atoms with Crippen molar-refractivity contribution in [1.29, 1.82) is 0 Å². The van der Waals surface area contributed by atoms with Crippen molar-refractivity contribution >= 4 is 49.7 Å². The number of carbonyl (C=O) groups is 1. The summed E-state index contributed by atoms with van der Waals surface area (Å²) < 4.78 is 25.5. The fourth-order valence-corrected chi connectivity index (χ4v) is 5.96. The monoisotopic (exact) mass is 461 g/mol. The van der Waals surface area contributed by atoms with Crippen molar-refractivity contribution in [3.05, 3.63) is 63.5 Å². The van der Waals surface area contributed by atoms with Crippen molar-refractivity contribution in [1.82, 2.24) is 4.98 Å². The van der Waals surface area contributed by atoms with Crippen LogP contribution in [0.1, 0.15) is 27.7 Å². The molecule has 2 aromatic carbocycles. The van der Waals surface area contributed by atoms with E-state index in [0.717, 1.165) is 21.7 Å². The number of halogens is 1. The molecule has 1 amide bonds. The highest BCUT2D eigenvalue weighted by molar-refractivity contribution is 7.92. The fourth-order valence-electron chi connectivity index (χ4n) is 3.74. The van der Waals surface area contributed by atoms with Gasteiger partial charge >= 0.3 is 0 Å². The number of sulfonamides is 1. The molecule has 0 saturated heterocycles. The lowest BCUT2D eigenvalue weighted by atomic mass is 10.1. The molecule has 0 fully saturated rings. The van der Waals surface area contributed by atoms with Crippen LogP contribution in [0.3, 0.4) is 0 Å². The number of thiazole rings is 1. The molecule has 1 atom stereocenters. The van der Waals surface area contributed by atoms with E-state index in [2.05, 4.69) is 10.3 Å². The van der Waals surface area contributed by atoms with Crippen LogP contribution in [0.15, 0.2) is 42.5 Å². The number of hydrogen-bond donors (Lipinski definition) is 1. The number of anilines is 2. The van der Waals surface area contributed by atoms with Gasteiger partial charge in [-0.2, -0.15) is 0 Å². The maximum Gasteiger partial charge on any atom is 0.257 e. The van der Waals surface area contributed by atoms with Gasteiger partial charge in [-0.25, -0.2) is 13.4 Å². The van der Waals surface area contributed by atoms with Gasteiger partial charge in [-0.15, -0.1) is 11.3 Å². The van der Waals surface area contributed by atoms with Crippen LogP contribution in [0, 0.1) is 6.92 Å². The Hall–Kier alpha value is -2.42. The molecule has 1 aliphatic heterocycles. The Balaban J connectivity index is 1.57. The summed E-state index contributed by atoms with van der Waals surface area (Å²) in [7, 11) is -3.36. The van der Waals surface area contributed by atoms with E-state index in [4.69, 9.17) is 11.6 Å². The molecule has 9 heteroatoms. The van der Waals surface area contributed by atoms with Crippen LogP contribution >= 0.6 is 22.9 Å². The number of nitrogens with zero attached hydrogens (tertiary/aromatic N) is 2. The van der Waals surface area contributed by atoms with E-state index in [1.807, 2.05) is 26.0 Å². The lowest BCUT2D eigenvalue weighted by Gasteiger charge is -2.21. The first-order chi connectivity index (χ1) is 14.1. The van der Waals surface area contributed by atoms with Crippen molar-refractivity contribution in [3.8, 4) is 11.3 Å². The summed E-state index contributed by atoms with van der Waals surface area (Å²) in [5, 5.41) is 4.02. The minimum Gasteiger partial charge on any atom is -0.298 e. The van der Waals surface area contributed by atoms with Crippen LogP contribution in [0.25, 0.3) is 11.3 Å². The van der Waals surface area contributed by atoms with Gasteiger partial charge in [0.2, 0.25) is 10.0 Å². The second kappa shape index (κ2) is 7.68. The van der Waals surface area contributed by atoms with E-state index in [0.29, 0.717) is 27.8 Å². The smallest absolute Gasteiger partial charge is 0.257 e. The summed E-state index contributed by atoms with van der Waals surface area (Å²) in [6, 6.07) is 12.3. The Bertz CT molecular complexity index is 1240. The molecule has 0 spiro atoms. The lowest BCUT2D eigenvalue weighted by Crippen LogP contribution is -2.34. The maximum atomic E-state index is 12.8. The SMILES string of the molecule is Cc1sc(NC(=O)c2ccc3c(c2)CC(C)N3S(C)(=O)=O)nc1-c1ccc(Cl)cc1. The largest absolute Gasteiger partial charge is 0.298 e. The maximum absolute atomic E-state index is 12.8. The summed E-state index contributed by atoms with van der Waals surface area (Å²) in [4.78, 5) is 18.3. The van der Waals surface area contributed by atoms with Gasteiger partial charge < -0.3 is 0 Å².